The largest absolute Gasteiger partial charge is 0.359 e. The summed E-state index contributed by atoms with van der Waals surface area (Å²) in [7, 11) is 0. The van der Waals surface area contributed by atoms with Crippen LogP contribution in [-0.4, -0.2) is 30.1 Å². The van der Waals surface area contributed by atoms with Crippen LogP contribution in [-0.2, 0) is 0 Å². The minimum absolute atomic E-state index is 0.0436. The average Bonchev–Trinajstić information content (AvgIpc) is 3.32. The van der Waals surface area contributed by atoms with Gasteiger partial charge in [0.15, 0.2) is 16.4 Å². The molecule has 2 aliphatic carbocycles. The first-order valence-electron chi connectivity index (χ1n) is 9.33. The van der Waals surface area contributed by atoms with Crippen molar-refractivity contribution in [3.05, 3.63) is 47.1 Å². The number of benzene rings is 1. The standard InChI is InChI=1S/C19H18N6OS/c26-19-24(12-5-6-12)16-17(21-8-7-20-16)25(19)13-9-11(10-13)22-18-23-14-3-1-2-4-15(14)27-18/h1-4,7-8,11-13H,5-6,9-10H2,(H,22,23). The van der Waals surface area contributed by atoms with E-state index in [4.69, 9.17) is 0 Å². The fraction of sp³-hybridized carbons (Fsp3) is 0.368. The lowest BCUT2D eigenvalue weighted by atomic mass is 9.86. The number of hydrogen-bond donors (Lipinski definition) is 1. The van der Waals surface area contributed by atoms with Crippen LogP contribution in [0.2, 0.25) is 0 Å². The molecular formula is C19H18N6OS. The maximum absolute atomic E-state index is 13.0. The van der Waals surface area contributed by atoms with E-state index in [1.807, 2.05) is 27.3 Å². The number of rotatable bonds is 4. The average molecular weight is 378 g/mol. The molecule has 1 N–H and O–H groups in total. The highest BCUT2D eigenvalue weighted by Gasteiger charge is 2.37. The van der Waals surface area contributed by atoms with Crippen LogP contribution in [0, 0.1) is 0 Å². The zero-order valence-corrected chi connectivity index (χ0v) is 15.4. The predicted octanol–water partition coefficient (Wildman–Crippen LogP) is 3.35. The van der Waals surface area contributed by atoms with E-state index in [0.29, 0.717) is 12.1 Å². The van der Waals surface area contributed by atoms with Gasteiger partial charge in [-0.3, -0.25) is 9.13 Å². The van der Waals surface area contributed by atoms with Crippen molar-refractivity contribution in [2.75, 3.05) is 5.32 Å². The molecule has 136 valence electrons. The molecule has 0 atom stereocenters. The number of anilines is 1. The number of hydrogen-bond acceptors (Lipinski definition) is 6. The number of aromatic nitrogens is 5. The molecule has 2 fully saturated rings. The summed E-state index contributed by atoms with van der Waals surface area (Å²) in [6.07, 6.45) is 7.25. The predicted molar refractivity (Wildman–Crippen MR) is 105 cm³/mol. The van der Waals surface area contributed by atoms with E-state index < -0.39 is 0 Å². The molecule has 4 aromatic rings. The van der Waals surface area contributed by atoms with Crippen molar-refractivity contribution in [1.29, 1.82) is 0 Å². The van der Waals surface area contributed by atoms with E-state index in [1.165, 1.54) is 4.70 Å². The smallest absolute Gasteiger partial charge is 0.332 e. The monoisotopic (exact) mass is 378 g/mol. The van der Waals surface area contributed by atoms with Gasteiger partial charge in [0.1, 0.15) is 0 Å². The van der Waals surface area contributed by atoms with Crippen LogP contribution in [0.5, 0.6) is 0 Å². The maximum Gasteiger partial charge on any atom is 0.332 e. The van der Waals surface area contributed by atoms with Crippen molar-refractivity contribution in [3.63, 3.8) is 0 Å². The molecule has 6 rings (SSSR count). The molecule has 0 aliphatic heterocycles. The topological polar surface area (TPSA) is 77.6 Å². The quantitative estimate of drug-likeness (QED) is 0.589. The van der Waals surface area contributed by atoms with Gasteiger partial charge in [-0.25, -0.2) is 19.7 Å². The van der Waals surface area contributed by atoms with E-state index in [-0.39, 0.29) is 11.7 Å². The van der Waals surface area contributed by atoms with Crippen molar-refractivity contribution in [2.45, 2.75) is 43.8 Å². The molecular weight excluding hydrogens is 360 g/mol. The Hall–Kier alpha value is -2.74. The van der Waals surface area contributed by atoms with Crippen molar-refractivity contribution in [2.24, 2.45) is 0 Å². The van der Waals surface area contributed by atoms with Gasteiger partial charge in [0.25, 0.3) is 0 Å². The molecule has 0 bridgehead atoms. The van der Waals surface area contributed by atoms with E-state index in [1.54, 1.807) is 23.7 Å². The lowest BCUT2D eigenvalue weighted by Gasteiger charge is -2.36. The number of nitrogens with zero attached hydrogens (tertiary/aromatic N) is 5. The molecule has 3 heterocycles. The summed E-state index contributed by atoms with van der Waals surface area (Å²) in [6, 6.07) is 8.97. The molecule has 0 spiro atoms. The molecule has 3 aromatic heterocycles. The van der Waals surface area contributed by atoms with Crippen molar-refractivity contribution >= 4 is 38.0 Å². The first-order valence-corrected chi connectivity index (χ1v) is 10.1. The summed E-state index contributed by atoms with van der Waals surface area (Å²) < 4.78 is 4.89. The van der Waals surface area contributed by atoms with E-state index in [0.717, 1.165) is 47.6 Å². The van der Waals surface area contributed by atoms with Crippen molar-refractivity contribution in [1.82, 2.24) is 24.1 Å². The lowest BCUT2D eigenvalue weighted by Crippen LogP contribution is -2.41. The van der Waals surface area contributed by atoms with Crippen molar-refractivity contribution in [3.8, 4) is 0 Å². The Labute approximate surface area is 158 Å². The third-order valence-electron chi connectivity index (χ3n) is 5.54. The fourth-order valence-electron chi connectivity index (χ4n) is 3.98. The highest BCUT2D eigenvalue weighted by molar-refractivity contribution is 7.22. The summed E-state index contributed by atoms with van der Waals surface area (Å²) in [5.41, 5.74) is 2.52. The van der Waals surface area contributed by atoms with E-state index in [9.17, 15) is 4.79 Å². The SMILES string of the molecule is O=c1n(C2CC2)c2nccnc2n1C1CC(Nc2nc3ccccc3s2)C1. The molecule has 1 aromatic carbocycles. The fourth-order valence-corrected chi connectivity index (χ4v) is 4.92. The first-order chi connectivity index (χ1) is 13.3. The second kappa shape index (κ2) is 5.63. The second-order valence-corrected chi connectivity index (χ2v) is 8.44. The van der Waals surface area contributed by atoms with Crippen molar-refractivity contribution < 1.29 is 0 Å². The van der Waals surface area contributed by atoms with Crippen LogP contribution in [0.4, 0.5) is 5.13 Å². The van der Waals surface area contributed by atoms with Gasteiger partial charge in [-0.05, 0) is 37.8 Å². The first kappa shape index (κ1) is 15.3. The molecule has 0 radical (unpaired) electrons. The minimum atomic E-state index is 0.0436. The van der Waals surface area contributed by atoms with Gasteiger partial charge in [-0.1, -0.05) is 23.5 Å². The Morgan fingerprint density at radius 3 is 2.41 bits per heavy atom. The van der Waals surface area contributed by atoms with Gasteiger partial charge in [-0.15, -0.1) is 0 Å². The summed E-state index contributed by atoms with van der Waals surface area (Å²) >= 11 is 1.68. The van der Waals surface area contributed by atoms with Gasteiger partial charge in [0.2, 0.25) is 0 Å². The molecule has 8 heteroatoms. The molecule has 2 saturated carbocycles. The molecule has 0 amide bonds. The minimum Gasteiger partial charge on any atom is -0.359 e. The molecule has 7 nitrogen and oxygen atoms in total. The zero-order valence-electron chi connectivity index (χ0n) is 14.6. The number of imidazole rings is 1. The maximum atomic E-state index is 13.0. The van der Waals surface area contributed by atoms with Gasteiger partial charge in [-0.2, -0.15) is 0 Å². The summed E-state index contributed by atoms with van der Waals surface area (Å²) in [5, 5.41) is 4.48. The number of nitrogens with one attached hydrogen (secondary N) is 1. The normalized spacial score (nSPS) is 22.2. The Morgan fingerprint density at radius 1 is 1.00 bits per heavy atom. The summed E-state index contributed by atoms with van der Waals surface area (Å²) in [5.74, 6) is 0. The van der Waals surface area contributed by atoms with Gasteiger partial charge < -0.3 is 5.32 Å². The number of thiazole rings is 1. The Balaban J connectivity index is 1.26. The van der Waals surface area contributed by atoms with Gasteiger partial charge >= 0.3 is 5.69 Å². The van der Waals surface area contributed by atoms with Crippen LogP contribution in [0.1, 0.15) is 37.8 Å². The van der Waals surface area contributed by atoms with E-state index >= 15 is 0 Å². The van der Waals surface area contributed by atoms with Gasteiger partial charge in [0, 0.05) is 30.5 Å². The van der Waals surface area contributed by atoms with Crippen LogP contribution in [0.25, 0.3) is 21.5 Å². The lowest BCUT2D eigenvalue weighted by molar-refractivity contribution is 0.280. The third kappa shape index (κ3) is 2.39. The Kier molecular flexibility index (Phi) is 3.19. The summed E-state index contributed by atoms with van der Waals surface area (Å²) in [4.78, 5) is 26.5. The van der Waals surface area contributed by atoms with Crippen LogP contribution in [0.3, 0.4) is 0 Å². The van der Waals surface area contributed by atoms with Gasteiger partial charge in [0.05, 0.1) is 10.2 Å². The molecule has 0 saturated heterocycles. The highest BCUT2D eigenvalue weighted by atomic mass is 32.1. The second-order valence-electron chi connectivity index (χ2n) is 7.41. The molecule has 27 heavy (non-hydrogen) atoms. The third-order valence-corrected chi connectivity index (χ3v) is 6.51. The zero-order chi connectivity index (χ0) is 18.0. The van der Waals surface area contributed by atoms with Crippen LogP contribution < -0.4 is 11.0 Å². The Morgan fingerprint density at radius 2 is 1.70 bits per heavy atom. The summed E-state index contributed by atoms with van der Waals surface area (Å²) in [6.45, 7) is 0. The van der Waals surface area contributed by atoms with Crippen LogP contribution in [0.15, 0.2) is 41.5 Å². The van der Waals surface area contributed by atoms with Crippen LogP contribution >= 0.6 is 11.3 Å². The number of fused-ring (bicyclic) bond motifs is 2. The Bertz CT molecular complexity index is 1180. The molecule has 2 aliphatic rings. The highest BCUT2D eigenvalue weighted by Crippen LogP contribution is 2.39. The van der Waals surface area contributed by atoms with E-state index in [2.05, 4.69) is 26.3 Å². The number of para-hydroxylation sites is 1. The molecule has 0 unspecified atom stereocenters.